The van der Waals surface area contributed by atoms with Crippen LogP contribution in [0.25, 0.3) is 11.0 Å². The van der Waals surface area contributed by atoms with Gasteiger partial charge in [0.2, 0.25) is 17.8 Å². The summed E-state index contributed by atoms with van der Waals surface area (Å²) in [5, 5.41) is 0.467. The Kier molecular flexibility index (Phi) is 5.77. The molecule has 0 spiro atoms. The number of benzene rings is 2. The molecule has 168 valence electrons. The van der Waals surface area contributed by atoms with E-state index in [4.69, 9.17) is 21.3 Å². The van der Waals surface area contributed by atoms with Crippen molar-refractivity contribution in [1.82, 2.24) is 14.6 Å². The number of halogens is 1. The van der Waals surface area contributed by atoms with E-state index in [9.17, 15) is 4.79 Å². The molecular formula is C26H26ClN4O2+. The number of carbonyl (C=O) groups excluding carboxylic acids is 1. The van der Waals surface area contributed by atoms with Crippen molar-refractivity contribution < 1.29 is 14.2 Å². The third kappa shape index (κ3) is 4.07. The van der Waals surface area contributed by atoms with Crippen molar-refractivity contribution in [2.45, 2.75) is 24.9 Å². The van der Waals surface area contributed by atoms with Crippen molar-refractivity contribution in [1.29, 1.82) is 0 Å². The highest BCUT2D eigenvalue weighted by Crippen LogP contribution is 2.29. The van der Waals surface area contributed by atoms with Crippen molar-refractivity contribution >= 4 is 28.5 Å². The number of alkyl halides is 1. The van der Waals surface area contributed by atoms with Gasteiger partial charge in [-0.2, -0.15) is 0 Å². The highest BCUT2D eigenvalue weighted by atomic mass is 35.5. The zero-order chi connectivity index (χ0) is 22.9. The highest BCUT2D eigenvalue weighted by Gasteiger charge is 2.29. The Morgan fingerprint density at radius 3 is 2.67 bits per heavy atom. The van der Waals surface area contributed by atoms with Crippen LogP contribution in [0.15, 0.2) is 67.0 Å². The molecule has 0 saturated carbocycles. The minimum atomic E-state index is -0.673. The molecule has 7 heteroatoms. The van der Waals surface area contributed by atoms with E-state index < -0.39 is 5.38 Å². The number of methoxy groups -OCH3 is 1. The summed E-state index contributed by atoms with van der Waals surface area (Å²) in [6.45, 7) is 1.89. The van der Waals surface area contributed by atoms with Crippen molar-refractivity contribution in [2.24, 2.45) is 7.05 Å². The van der Waals surface area contributed by atoms with Crippen molar-refractivity contribution in [3.8, 4) is 5.75 Å². The summed E-state index contributed by atoms with van der Waals surface area (Å²) in [5.74, 6) is 0.787. The molecule has 0 fully saturated rings. The average Bonchev–Trinajstić information content (AvgIpc) is 3.19. The molecular weight excluding hydrogens is 436 g/mol. The molecule has 2 aromatic carbocycles. The Balaban J connectivity index is 1.40. The van der Waals surface area contributed by atoms with Crippen LogP contribution in [-0.4, -0.2) is 34.1 Å². The number of aryl methyl sites for hydroxylation is 1. The van der Waals surface area contributed by atoms with Crippen LogP contribution in [0.2, 0.25) is 0 Å². The summed E-state index contributed by atoms with van der Waals surface area (Å²) in [7, 11) is 3.71. The first-order chi connectivity index (χ1) is 16.0. The monoisotopic (exact) mass is 461 g/mol. The van der Waals surface area contributed by atoms with Gasteiger partial charge in [-0.3, -0.25) is 4.79 Å². The second kappa shape index (κ2) is 8.87. The largest absolute Gasteiger partial charge is 0.497 e. The van der Waals surface area contributed by atoms with Gasteiger partial charge in [-0.05, 0) is 40.8 Å². The quantitative estimate of drug-likeness (QED) is 0.335. The molecule has 3 heterocycles. The third-order valence-corrected chi connectivity index (χ3v) is 6.78. The minimum Gasteiger partial charge on any atom is -0.497 e. The number of aromatic nitrogens is 3. The number of fused-ring (bicyclic) bond motifs is 3. The molecule has 0 N–H and O–H groups in total. The minimum absolute atomic E-state index is 0.0590. The number of hydrogen-bond acceptors (Lipinski definition) is 3. The third-order valence-electron chi connectivity index (χ3n) is 6.34. The summed E-state index contributed by atoms with van der Waals surface area (Å²) >= 11 is 6.51. The summed E-state index contributed by atoms with van der Waals surface area (Å²) in [5.41, 5.74) is 5.30. The van der Waals surface area contributed by atoms with Gasteiger partial charge in [0.15, 0.2) is 7.05 Å². The van der Waals surface area contributed by atoms with E-state index in [1.165, 1.54) is 11.1 Å². The van der Waals surface area contributed by atoms with E-state index in [-0.39, 0.29) is 5.91 Å². The molecule has 1 atom stereocenters. The second-order valence-corrected chi connectivity index (χ2v) is 8.83. The number of hydrogen-bond donors (Lipinski definition) is 0. The van der Waals surface area contributed by atoms with E-state index in [0.717, 1.165) is 34.3 Å². The predicted molar refractivity (Wildman–Crippen MR) is 127 cm³/mol. The van der Waals surface area contributed by atoms with Crippen molar-refractivity contribution in [3.63, 3.8) is 0 Å². The molecule has 4 aromatic rings. The van der Waals surface area contributed by atoms with Gasteiger partial charge in [0, 0.05) is 19.3 Å². The zero-order valence-corrected chi connectivity index (χ0v) is 19.5. The van der Waals surface area contributed by atoms with Gasteiger partial charge in [0.25, 0.3) is 0 Å². The van der Waals surface area contributed by atoms with Crippen LogP contribution >= 0.6 is 11.6 Å². The Labute approximate surface area is 198 Å². The van der Waals surface area contributed by atoms with Crippen LogP contribution < -0.4 is 9.42 Å². The lowest BCUT2D eigenvalue weighted by atomic mass is 9.98. The maximum atomic E-state index is 13.0. The van der Waals surface area contributed by atoms with Crippen LogP contribution in [0, 0.1) is 0 Å². The topological polar surface area (TPSA) is 51.2 Å². The molecule has 0 aliphatic carbocycles. The molecule has 1 aliphatic heterocycles. The van der Waals surface area contributed by atoms with E-state index >= 15 is 0 Å². The maximum absolute atomic E-state index is 13.0. The van der Waals surface area contributed by atoms with Crippen molar-refractivity contribution in [2.75, 3.05) is 13.7 Å². The van der Waals surface area contributed by atoms with Gasteiger partial charge in [0.05, 0.1) is 12.5 Å². The first-order valence-electron chi connectivity index (χ1n) is 11.0. The molecule has 0 bridgehead atoms. The number of nitrogens with zero attached hydrogens (tertiary/aromatic N) is 4. The van der Waals surface area contributed by atoms with Gasteiger partial charge in [-0.15, -0.1) is 21.0 Å². The number of amides is 1. The first kappa shape index (κ1) is 21.5. The number of pyridine rings is 1. The Morgan fingerprint density at radius 1 is 1.18 bits per heavy atom. The van der Waals surface area contributed by atoms with E-state index in [1.807, 2.05) is 60.6 Å². The number of rotatable bonds is 5. The molecule has 6 nitrogen and oxygen atoms in total. The van der Waals surface area contributed by atoms with Crippen LogP contribution in [-0.2, 0) is 31.4 Å². The van der Waals surface area contributed by atoms with E-state index in [1.54, 1.807) is 7.11 Å². The molecule has 1 unspecified atom stereocenters. The van der Waals surface area contributed by atoms with Gasteiger partial charge >= 0.3 is 0 Å². The number of ether oxygens (including phenoxy) is 1. The lowest BCUT2D eigenvalue weighted by molar-refractivity contribution is -0.750. The lowest BCUT2D eigenvalue weighted by Gasteiger charge is -2.30. The zero-order valence-electron chi connectivity index (χ0n) is 18.7. The number of carbonyl (C=O) groups is 1. The van der Waals surface area contributed by atoms with Crippen molar-refractivity contribution in [3.05, 3.63) is 89.2 Å². The standard InChI is InChI=1S/C26H26ClN4O2/c1-29-17-23-22-12-13-30(26(32)24(27)19-6-4-3-5-7-19)16-20(22)14-28-25(23)31(29)15-18-8-10-21(33-2)11-9-18/h3-11,14,17,24H,12-13,15-16H2,1-2H3/q+1. The molecule has 2 aromatic heterocycles. The Hall–Kier alpha value is -3.38. The van der Waals surface area contributed by atoms with Gasteiger partial charge in [-0.1, -0.05) is 42.5 Å². The second-order valence-electron chi connectivity index (χ2n) is 8.39. The normalized spacial score (nSPS) is 14.2. The fourth-order valence-corrected chi connectivity index (χ4v) is 4.79. The summed E-state index contributed by atoms with van der Waals surface area (Å²) in [4.78, 5) is 19.7. The summed E-state index contributed by atoms with van der Waals surface area (Å²) in [6.07, 6.45) is 4.83. The Morgan fingerprint density at radius 2 is 1.94 bits per heavy atom. The van der Waals surface area contributed by atoms with Crippen LogP contribution in [0.1, 0.15) is 27.6 Å². The van der Waals surface area contributed by atoms with E-state index in [0.29, 0.717) is 19.6 Å². The fourth-order valence-electron chi connectivity index (χ4n) is 4.51. The highest BCUT2D eigenvalue weighted by molar-refractivity contribution is 6.30. The predicted octanol–water partition coefficient (Wildman–Crippen LogP) is 3.78. The average molecular weight is 462 g/mol. The van der Waals surface area contributed by atoms with Gasteiger partial charge < -0.3 is 9.64 Å². The fraction of sp³-hybridized carbons (Fsp3) is 0.269. The van der Waals surface area contributed by atoms with Crippen LogP contribution in [0.5, 0.6) is 5.75 Å². The summed E-state index contributed by atoms with van der Waals surface area (Å²) in [6, 6.07) is 17.6. The smallest absolute Gasteiger partial charge is 0.245 e. The van der Waals surface area contributed by atoms with Gasteiger partial charge in [-0.25, -0.2) is 4.98 Å². The molecule has 33 heavy (non-hydrogen) atoms. The Bertz CT molecular complexity index is 1300. The molecule has 0 radical (unpaired) electrons. The summed E-state index contributed by atoms with van der Waals surface area (Å²) < 4.78 is 9.52. The maximum Gasteiger partial charge on any atom is 0.245 e. The van der Waals surface area contributed by atoms with Crippen LogP contribution in [0.4, 0.5) is 0 Å². The van der Waals surface area contributed by atoms with E-state index in [2.05, 4.69) is 27.7 Å². The van der Waals surface area contributed by atoms with Crippen LogP contribution in [0.3, 0.4) is 0 Å². The first-order valence-corrected chi connectivity index (χ1v) is 11.5. The molecule has 0 saturated heterocycles. The molecule has 1 amide bonds. The molecule has 1 aliphatic rings. The van der Waals surface area contributed by atoms with Gasteiger partial charge in [0.1, 0.15) is 17.7 Å². The lowest BCUT2D eigenvalue weighted by Crippen LogP contribution is -2.38. The SMILES string of the molecule is COc1ccc(Cn2c3ncc4c(c3c[n+]2C)CCN(C(=O)C(Cl)c2ccccc2)C4)cc1. The molecule has 5 rings (SSSR count).